The van der Waals surface area contributed by atoms with E-state index < -0.39 is 0 Å². The Morgan fingerprint density at radius 1 is 0.680 bits per heavy atom. The van der Waals surface area contributed by atoms with Crippen LogP contribution in [-0.2, 0) is 28.5 Å². The van der Waals surface area contributed by atoms with Gasteiger partial charge in [-0.2, -0.15) is 0 Å². The fourth-order valence-corrected chi connectivity index (χ4v) is 4.22. The predicted octanol–water partition coefficient (Wildman–Crippen LogP) is 0.192. The fraction of sp³-hybridized carbons (Fsp3) is 0.875. The number of carbonyl (C=O) groups is 2. The summed E-state index contributed by atoms with van der Waals surface area (Å²) in [4.78, 5) is 22.8. The number of esters is 2. The molecular formula is C16H30O8Te. The minimum atomic E-state index is -0.216. The van der Waals surface area contributed by atoms with Crippen molar-refractivity contribution in [2.45, 2.75) is 34.6 Å². The van der Waals surface area contributed by atoms with Gasteiger partial charge >= 0.3 is 159 Å². The summed E-state index contributed by atoms with van der Waals surface area (Å²) in [6.45, 7) is 1.52. The molecule has 0 aromatic heterocycles. The van der Waals surface area contributed by atoms with Crippen LogP contribution in [0.25, 0.3) is 0 Å². The molecule has 25 heavy (non-hydrogen) atoms. The maximum absolute atomic E-state index is 11.4. The number of aliphatic hydroxyl groups excluding tert-OH is 2. The summed E-state index contributed by atoms with van der Waals surface area (Å²) in [5.41, 5.74) is 0. The van der Waals surface area contributed by atoms with Crippen molar-refractivity contribution in [1.82, 2.24) is 0 Å². The molecule has 0 aromatic carbocycles. The molecule has 0 saturated carbocycles. The van der Waals surface area contributed by atoms with Crippen LogP contribution in [0.4, 0.5) is 0 Å². The third-order valence-electron chi connectivity index (χ3n) is 2.79. The molecule has 2 N–H and O–H groups in total. The Morgan fingerprint density at radius 3 is 1.52 bits per heavy atom. The van der Waals surface area contributed by atoms with Gasteiger partial charge in [-0.15, -0.1) is 0 Å². The van der Waals surface area contributed by atoms with Gasteiger partial charge in [-0.25, -0.2) is 0 Å². The van der Waals surface area contributed by atoms with Gasteiger partial charge in [0.15, 0.2) is 0 Å². The quantitative estimate of drug-likeness (QED) is 0.163. The minimum absolute atomic E-state index is 0.0327. The first kappa shape index (κ1) is 24.6. The molecule has 0 radical (unpaired) electrons. The Morgan fingerprint density at radius 2 is 1.12 bits per heavy atom. The summed E-state index contributed by atoms with van der Waals surface area (Å²) in [6.07, 6.45) is 2.48. The topological polar surface area (TPSA) is 112 Å². The number of aliphatic hydroxyl groups is 2. The van der Waals surface area contributed by atoms with Crippen LogP contribution in [0.3, 0.4) is 0 Å². The van der Waals surface area contributed by atoms with E-state index in [4.69, 9.17) is 29.2 Å². The first-order valence-corrected chi connectivity index (χ1v) is 11.8. The maximum atomic E-state index is 11.4. The van der Waals surface area contributed by atoms with Crippen LogP contribution in [0.1, 0.15) is 25.7 Å². The second-order valence-electron chi connectivity index (χ2n) is 4.93. The first-order valence-electron chi connectivity index (χ1n) is 8.47. The van der Waals surface area contributed by atoms with E-state index >= 15 is 0 Å². The van der Waals surface area contributed by atoms with Crippen LogP contribution in [0, 0.1) is 0 Å². The van der Waals surface area contributed by atoms with E-state index in [0.717, 1.165) is 21.8 Å². The molecule has 0 bridgehead atoms. The summed E-state index contributed by atoms with van der Waals surface area (Å²) in [5, 5.41) is 17.0. The van der Waals surface area contributed by atoms with Crippen molar-refractivity contribution in [2.75, 3.05) is 52.9 Å². The van der Waals surface area contributed by atoms with E-state index in [1.165, 1.54) is 0 Å². The average Bonchev–Trinajstić information content (AvgIpc) is 2.60. The summed E-state index contributed by atoms with van der Waals surface area (Å²) in [6, 6.07) is 0. The van der Waals surface area contributed by atoms with Gasteiger partial charge in [0.25, 0.3) is 0 Å². The van der Waals surface area contributed by atoms with Gasteiger partial charge in [0.2, 0.25) is 0 Å². The number of hydrogen-bond donors (Lipinski definition) is 2. The fourth-order valence-electron chi connectivity index (χ4n) is 1.65. The molecule has 0 aliphatic rings. The Kier molecular flexibility index (Phi) is 19.5. The van der Waals surface area contributed by atoms with Gasteiger partial charge in [-0.1, -0.05) is 0 Å². The number of ether oxygens (including phenoxy) is 4. The normalized spacial score (nSPS) is 10.6. The van der Waals surface area contributed by atoms with Crippen LogP contribution in [-0.4, -0.2) is 95.9 Å². The van der Waals surface area contributed by atoms with E-state index in [1.807, 2.05) is 0 Å². The van der Waals surface area contributed by atoms with E-state index in [1.54, 1.807) is 0 Å². The van der Waals surface area contributed by atoms with Gasteiger partial charge in [0.1, 0.15) is 0 Å². The molecule has 0 rings (SSSR count). The van der Waals surface area contributed by atoms with Crippen LogP contribution in [0.5, 0.6) is 0 Å². The molecule has 0 fully saturated rings. The zero-order valence-electron chi connectivity index (χ0n) is 14.7. The van der Waals surface area contributed by atoms with Gasteiger partial charge in [-0.05, 0) is 0 Å². The van der Waals surface area contributed by atoms with Crippen molar-refractivity contribution in [3.63, 3.8) is 0 Å². The van der Waals surface area contributed by atoms with Crippen molar-refractivity contribution in [2.24, 2.45) is 0 Å². The molecule has 0 saturated heterocycles. The second kappa shape index (κ2) is 19.9. The number of hydrogen-bond acceptors (Lipinski definition) is 8. The molecule has 0 aliphatic heterocycles. The third-order valence-corrected chi connectivity index (χ3v) is 6.09. The first-order chi connectivity index (χ1) is 12.2. The molecule has 8 nitrogen and oxygen atoms in total. The van der Waals surface area contributed by atoms with E-state index in [-0.39, 0.29) is 72.5 Å². The zero-order chi connectivity index (χ0) is 18.6. The van der Waals surface area contributed by atoms with Crippen molar-refractivity contribution in [3.05, 3.63) is 0 Å². The summed E-state index contributed by atoms with van der Waals surface area (Å²) >= 11 is -0.178. The monoisotopic (exact) mass is 480 g/mol. The van der Waals surface area contributed by atoms with E-state index in [0.29, 0.717) is 26.1 Å². The van der Waals surface area contributed by atoms with Crippen molar-refractivity contribution < 1.29 is 38.7 Å². The summed E-state index contributed by atoms with van der Waals surface area (Å²) in [5.74, 6) is -0.431. The second-order valence-corrected chi connectivity index (χ2v) is 8.43. The van der Waals surface area contributed by atoms with Crippen molar-refractivity contribution >= 4 is 32.9 Å². The summed E-state index contributed by atoms with van der Waals surface area (Å²) < 4.78 is 22.1. The Balaban J connectivity index is 3.26. The van der Waals surface area contributed by atoms with Gasteiger partial charge in [0, 0.05) is 0 Å². The molecule has 148 valence electrons. The van der Waals surface area contributed by atoms with Crippen LogP contribution >= 0.6 is 0 Å². The molecule has 0 unspecified atom stereocenters. The summed E-state index contributed by atoms with van der Waals surface area (Å²) in [7, 11) is 0. The van der Waals surface area contributed by atoms with Gasteiger partial charge < -0.3 is 0 Å². The Labute approximate surface area is 159 Å². The van der Waals surface area contributed by atoms with Crippen LogP contribution in [0.15, 0.2) is 0 Å². The molecule has 0 aromatic rings. The van der Waals surface area contributed by atoms with E-state index in [2.05, 4.69) is 0 Å². The predicted molar refractivity (Wildman–Crippen MR) is 91.6 cm³/mol. The molecule has 0 atom stereocenters. The zero-order valence-corrected chi connectivity index (χ0v) is 17.0. The van der Waals surface area contributed by atoms with E-state index in [9.17, 15) is 9.59 Å². The van der Waals surface area contributed by atoms with Crippen molar-refractivity contribution in [1.29, 1.82) is 0 Å². The standard InChI is InChI=1S/C16H30O8Te/c17-5-7-21-9-11-23-15(19)3-1-13-25-14-2-4-16(20)24-12-10-22-8-6-18/h17-18H,1-14H2. The van der Waals surface area contributed by atoms with Gasteiger partial charge in [0.05, 0.1) is 0 Å². The SMILES string of the molecule is O=C(CCC[Te]CCCC(=O)OCCOCCO)OCCOCCO. The Bertz CT molecular complexity index is 297. The molecule has 0 spiro atoms. The molecule has 0 heterocycles. The molecular weight excluding hydrogens is 448 g/mol. The average molecular weight is 478 g/mol. The Hall–Kier alpha value is -0.430. The molecule has 0 amide bonds. The van der Waals surface area contributed by atoms with Crippen LogP contribution in [0.2, 0.25) is 8.94 Å². The number of rotatable bonds is 18. The third kappa shape index (κ3) is 19.7. The van der Waals surface area contributed by atoms with Gasteiger partial charge in [-0.3, -0.25) is 0 Å². The number of carbonyl (C=O) groups excluding carboxylic acids is 2. The van der Waals surface area contributed by atoms with Crippen molar-refractivity contribution in [3.8, 4) is 0 Å². The van der Waals surface area contributed by atoms with Crippen LogP contribution < -0.4 is 0 Å². The molecule has 9 heteroatoms. The molecule has 0 aliphatic carbocycles.